The molecule has 4 amide bonds. The quantitative estimate of drug-likeness (QED) is 0.806. The van der Waals surface area contributed by atoms with Crippen LogP contribution in [0.5, 0.6) is 11.5 Å². The highest BCUT2D eigenvalue weighted by atomic mass is 16.5. The van der Waals surface area contributed by atoms with Crippen LogP contribution in [-0.2, 0) is 4.79 Å². The molecule has 156 valence electrons. The minimum absolute atomic E-state index is 0.0957. The largest absolute Gasteiger partial charge is 0.497 e. The van der Waals surface area contributed by atoms with Crippen LogP contribution in [0.3, 0.4) is 0 Å². The van der Waals surface area contributed by atoms with Gasteiger partial charge >= 0.3 is 6.03 Å². The molecule has 1 saturated heterocycles. The van der Waals surface area contributed by atoms with Crippen LogP contribution in [0, 0.1) is 0 Å². The van der Waals surface area contributed by atoms with Gasteiger partial charge in [-0.25, -0.2) is 4.79 Å². The third-order valence-electron chi connectivity index (χ3n) is 5.25. The number of nitrogens with zero attached hydrogens (tertiary/aromatic N) is 2. The number of piperazine rings is 1. The van der Waals surface area contributed by atoms with Crippen LogP contribution in [0.15, 0.2) is 42.5 Å². The molecule has 1 fully saturated rings. The Labute approximate surface area is 173 Å². The molecule has 0 saturated carbocycles. The van der Waals surface area contributed by atoms with Crippen LogP contribution in [0.1, 0.15) is 10.4 Å². The van der Waals surface area contributed by atoms with Crippen molar-refractivity contribution < 1.29 is 23.9 Å². The molecule has 2 N–H and O–H groups in total. The highest BCUT2D eigenvalue weighted by molar-refractivity contribution is 6.10. The van der Waals surface area contributed by atoms with Crippen LogP contribution in [0.4, 0.5) is 16.2 Å². The molecule has 30 heavy (non-hydrogen) atoms. The third-order valence-corrected chi connectivity index (χ3v) is 5.25. The first-order chi connectivity index (χ1) is 14.5. The van der Waals surface area contributed by atoms with Gasteiger partial charge in [-0.05, 0) is 12.1 Å². The van der Waals surface area contributed by atoms with Crippen LogP contribution < -0.4 is 20.1 Å². The number of urea groups is 1. The van der Waals surface area contributed by atoms with Crippen LogP contribution >= 0.6 is 0 Å². The van der Waals surface area contributed by atoms with Gasteiger partial charge in [-0.2, -0.15) is 0 Å². The fourth-order valence-corrected chi connectivity index (χ4v) is 3.67. The summed E-state index contributed by atoms with van der Waals surface area (Å²) in [6.07, 6.45) is 0. The maximum absolute atomic E-state index is 12.9. The number of carbonyl (C=O) groups is 3. The van der Waals surface area contributed by atoms with Crippen molar-refractivity contribution in [1.82, 2.24) is 9.80 Å². The predicted octanol–water partition coefficient (Wildman–Crippen LogP) is 2.01. The van der Waals surface area contributed by atoms with Gasteiger partial charge in [0.15, 0.2) is 0 Å². The molecule has 0 aliphatic carbocycles. The number of rotatable bonds is 3. The number of methoxy groups -OCH3 is 2. The molecule has 9 nitrogen and oxygen atoms in total. The number of amides is 4. The van der Waals surface area contributed by atoms with Gasteiger partial charge in [-0.3, -0.25) is 9.59 Å². The first kappa shape index (κ1) is 19.6. The fraction of sp³-hybridized carbons (Fsp3) is 0.286. The molecule has 0 radical (unpaired) electrons. The number of nitrogens with one attached hydrogen (secondary N) is 2. The van der Waals surface area contributed by atoms with E-state index in [4.69, 9.17) is 9.47 Å². The fourth-order valence-electron chi connectivity index (χ4n) is 3.67. The molecule has 2 aromatic carbocycles. The zero-order valence-electron chi connectivity index (χ0n) is 16.7. The van der Waals surface area contributed by atoms with Gasteiger partial charge in [0.25, 0.3) is 5.91 Å². The first-order valence-corrected chi connectivity index (χ1v) is 9.50. The van der Waals surface area contributed by atoms with Crippen molar-refractivity contribution in [3.63, 3.8) is 0 Å². The van der Waals surface area contributed by atoms with Crippen molar-refractivity contribution in [2.45, 2.75) is 6.04 Å². The Bertz CT molecular complexity index is 986. The average Bonchev–Trinajstić information content (AvgIpc) is 2.87. The number of anilines is 2. The standard InChI is InChI=1S/C21H22N4O5/c1-29-14-9-13(10-15(11-14)30-2)22-21(28)24-7-8-25-18(12-24)19(26)23-17-6-4-3-5-16(17)20(25)27/h3-6,9-11,18H,7-8,12H2,1-2H3,(H,22,28)(H,23,26). The highest BCUT2D eigenvalue weighted by Gasteiger charge is 2.40. The summed E-state index contributed by atoms with van der Waals surface area (Å²) in [5.74, 6) is 0.558. The topological polar surface area (TPSA) is 100 Å². The molecule has 0 spiro atoms. The van der Waals surface area contributed by atoms with E-state index in [0.717, 1.165) is 0 Å². The van der Waals surface area contributed by atoms with E-state index < -0.39 is 6.04 Å². The first-order valence-electron chi connectivity index (χ1n) is 9.50. The van der Waals surface area contributed by atoms with Gasteiger partial charge in [-0.1, -0.05) is 12.1 Å². The maximum atomic E-state index is 12.9. The lowest BCUT2D eigenvalue weighted by atomic mass is 10.1. The van der Waals surface area contributed by atoms with Crippen molar-refractivity contribution in [2.24, 2.45) is 0 Å². The lowest BCUT2D eigenvalue weighted by Crippen LogP contribution is -2.60. The van der Waals surface area contributed by atoms with Gasteiger partial charge in [0.2, 0.25) is 5.91 Å². The minimum atomic E-state index is -0.760. The van der Waals surface area contributed by atoms with Crippen molar-refractivity contribution in [3.8, 4) is 11.5 Å². The van der Waals surface area contributed by atoms with E-state index in [-0.39, 0.29) is 30.9 Å². The second-order valence-corrected chi connectivity index (χ2v) is 7.03. The molecule has 2 heterocycles. The van der Waals surface area contributed by atoms with Gasteiger partial charge < -0.3 is 29.9 Å². The van der Waals surface area contributed by atoms with Gasteiger partial charge in [0.1, 0.15) is 17.5 Å². The predicted molar refractivity (Wildman–Crippen MR) is 110 cm³/mol. The molecule has 1 atom stereocenters. The molecule has 9 heteroatoms. The lowest BCUT2D eigenvalue weighted by Gasteiger charge is -2.39. The number of fused-ring (bicyclic) bond motifs is 2. The van der Waals surface area contributed by atoms with Crippen LogP contribution in [0.25, 0.3) is 0 Å². The normalized spacial score (nSPS) is 18.0. The number of carbonyl (C=O) groups excluding carboxylic acids is 3. The Balaban J connectivity index is 1.51. The third kappa shape index (κ3) is 3.61. The molecule has 4 rings (SSSR count). The Morgan fingerprint density at radius 1 is 1.07 bits per heavy atom. The number of hydrogen-bond acceptors (Lipinski definition) is 5. The average molecular weight is 410 g/mol. The van der Waals surface area contributed by atoms with E-state index >= 15 is 0 Å². The summed E-state index contributed by atoms with van der Waals surface area (Å²) < 4.78 is 10.4. The van der Waals surface area contributed by atoms with Crippen molar-refractivity contribution in [3.05, 3.63) is 48.0 Å². The van der Waals surface area contributed by atoms with E-state index in [2.05, 4.69) is 10.6 Å². The second kappa shape index (κ2) is 7.94. The molecule has 2 aliphatic rings. The Morgan fingerprint density at radius 3 is 2.47 bits per heavy atom. The van der Waals surface area contributed by atoms with Crippen molar-refractivity contribution in [2.75, 3.05) is 44.5 Å². The molecule has 2 aliphatic heterocycles. The summed E-state index contributed by atoms with van der Waals surface area (Å²) in [7, 11) is 3.05. The summed E-state index contributed by atoms with van der Waals surface area (Å²) in [5, 5.41) is 5.61. The lowest BCUT2D eigenvalue weighted by molar-refractivity contribution is -0.121. The summed E-state index contributed by atoms with van der Waals surface area (Å²) in [6, 6.07) is 10.8. The molecule has 1 unspecified atom stereocenters. The van der Waals surface area contributed by atoms with E-state index in [1.807, 2.05) is 0 Å². The molecule has 0 aromatic heterocycles. The van der Waals surface area contributed by atoms with Crippen LogP contribution in [0.2, 0.25) is 0 Å². The van der Waals surface area contributed by atoms with Gasteiger partial charge in [-0.15, -0.1) is 0 Å². The Kier molecular flexibility index (Phi) is 5.18. The summed E-state index contributed by atoms with van der Waals surface area (Å²) in [4.78, 5) is 41.5. The van der Waals surface area contributed by atoms with Gasteiger partial charge in [0.05, 0.1) is 32.0 Å². The Hall–Kier alpha value is -3.75. The number of hydrogen-bond donors (Lipinski definition) is 2. The number of ether oxygens (including phenoxy) is 2. The monoisotopic (exact) mass is 410 g/mol. The summed E-state index contributed by atoms with van der Waals surface area (Å²) in [6.45, 7) is 0.670. The van der Waals surface area contributed by atoms with Crippen molar-refractivity contribution >= 4 is 29.2 Å². The van der Waals surface area contributed by atoms with E-state index in [9.17, 15) is 14.4 Å². The molecule has 0 bridgehead atoms. The smallest absolute Gasteiger partial charge is 0.321 e. The molecular formula is C21H22N4O5. The SMILES string of the molecule is COc1cc(NC(=O)N2CCN3C(=O)c4ccccc4NC(=O)C3C2)cc(OC)c1. The van der Waals surface area contributed by atoms with Crippen molar-refractivity contribution in [1.29, 1.82) is 0 Å². The van der Waals surface area contributed by atoms with E-state index in [1.54, 1.807) is 42.5 Å². The zero-order chi connectivity index (χ0) is 21.3. The van der Waals surface area contributed by atoms with Gasteiger partial charge in [0, 0.05) is 37.0 Å². The minimum Gasteiger partial charge on any atom is -0.497 e. The number of para-hydroxylation sites is 1. The second-order valence-electron chi connectivity index (χ2n) is 7.03. The summed E-state index contributed by atoms with van der Waals surface area (Å²) >= 11 is 0. The molecule has 2 aromatic rings. The zero-order valence-corrected chi connectivity index (χ0v) is 16.7. The maximum Gasteiger partial charge on any atom is 0.321 e. The van der Waals surface area contributed by atoms with Crippen LogP contribution in [-0.4, -0.2) is 67.5 Å². The van der Waals surface area contributed by atoms with E-state index in [1.165, 1.54) is 24.0 Å². The highest BCUT2D eigenvalue weighted by Crippen LogP contribution is 2.27. The number of benzene rings is 2. The molecular weight excluding hydrogens is 388 g/mol. The summed E-state index contributed by atoms with van der Waals surface area (Å²) in [5.41, 5.74) is 1.45. The van der Waals surface area contributed by atoms with E-state index in [0.29, 0.717) is 35.0 Å². The Morgan fingerprint density at radius 2 is 1.77 bits per heavy atom.